The first-order chi connectivity index (χ1) is 15.2. The SMILES string of the molecule is COCCCN1C(=O)C(=Cc2cc(C)n(-c3ccc(Cl)cc3Cl)c2C)C(C(=O)OC)=C1C. The van der Waals surface area contributed by atoms with Crippen molar-refractivity contribution in [2.75, 3.05) is 27.4 Å². The van der Waals surface area contributed by atoms with Gasteiger partial charge in [0.25, 0.3) is 5.91 Å². The van der Waals surface area contributed by atoms with Crippen LogP contribution in [0.2, 0.25) is 10.0 Å². The van der Waals surface area contributed by atoms with E-state index in [-0.39, 0.29) is 11.5 Å². The van der Waals surface area contributed by atoms with Gasteiger partial charge in [0.15, 0.2) is 0 Å². The average Bonchev–Trinajstić information content (AvgIpc) is 3.15. The number of aryl methyl sites for hydroxylation is 1. The molecule has 170 valence electrons. The van der Waals surface area contributed by atoms with Crippen LogP contribution in [0.1, 0.15) is 30.3 Å². The monoisotopic (exact) mass is 476 g/mol. The smallest absolute Gasteiger partial charge is 0.340 e. The molecule has 1 aliphatic heterocycles. The zero-order chi connectivity index (χ0) is 23.6. The summed E-state index contributed by atoms with van der Waals surface area (Å²) in [5, 5.41) is 1.07. The number of nitrogens with zero attached hydrogens (tertiary/aromatic N) is 2. The molecule has 0 aliphatic carbocycles. The maximum atomic E-state index is 13.2. The van der Waals surface area contributed by atoms with E-state index in [2.05, 4.69) is 0 Å². The van der Waals surface area contributed by atoms with E-state index < -0.39 is 5.97 Å². The second-order valence-electron chi connectivity index (χ2n) is 7.57. The first-order valence-electron chi connectivity index (χ1n) is 10.2. The fraction of sp³-hybridized carbons (Fsp3) is 0.333. The number of amides is 1. The van der Waals surface area contributed by atoms with Gasteiger partial charge in [-0.25, -0.2) is 4.79 Å². The molecule has 1 amide bonds. The molecule has 1 aliphatic rings. The first kappa shape index (κ1) is 24.1. The number of rotatable bonds is 7. The second-order valence-corrected chi connectivity index (χ2v) is 8.41. The van der Waals surface area contributed by atoms with Crippen LogP contribution in [0.3, 0.4) is 0 Å². The number of aromatic nitrogens is 1. The maximum absolute atomic E-state index is 13.2. The minimum absolute atomic E-state index is 0.228. The van der Waals surface area contributed by atoms with Crippen molar-refractivity contribution in [1.82, 2.24) is 9.47 Å². The van der Waals surface area contributed by atoms with E-state index in [9.17, 15) is 9.59 Å². The van der Waals surface area contributed by atoms with Gasteiger partial charge in [-0.2, -0.15) is 0 Å². The van der Waals surface area contributed by atoms with E-state index >= 15 is 0 Å². The van der Waals surface area contributed by atoms with Crippen molar-refractivity contribution in [3.8, 4) is 5.69 Å². The van der Waals surface area contributed by atoms with Crippen molar-refractivity contribution in [2.24, 2.45) is 0 Å². The standard InChI is InChI=1S/C24H26Cl2N2O4/c1-14-11-17(15(2)28(14)21-8-7-18(25)13-20(21)26)12-19-22(24(30)32-5)16(3)27(23(19)29)9-6-10-31-4/h7-8,11-13H,6,9-10H2,1-5H3. The lowest BCUT2D eigenvalue weighted by Gasteiger charge is -2.17. The Balaban J connectivity index is 2.08. The Morgan fingerprint density at radius 1 is 1.12 bits per heavy atom. The van der Waals surface area contributed by atoms with E-state index in [1.165, 1.54) is 7.11 Å². The van der Waals surface area contributed by atoms with Crippen molar-refractivity contribution in [3.05, 3.63) is 68.1 Å². The average molecular weight is 477 g/mol. The molecule has 1 aromatic heterocycles. The number of methoxy groups -OCH3 is 2. The molecule has 0 spiro atoms. The highest BCUT2D eigenvalue weighted by Crippen LogP contribution is 2.34. The summed E-state index contributed by atoms with van der Waals surface area (Å²) in [5.41, 5.74) is 4.59. The maximum Gasteiger partial charge on any atom is 0.340 e. The molecule has 0 unspecified atom stereocenters. The predicted molar refractivity (Wildman–Crippen MR) is 126 cm³/mol. The highest BCUT2D eigenvalue weighted by Gasteiger charge is 2.36. The molecule has 1 aromatic carbocycles. The van der Waals surface area contributed by atoms with Gasteiger partial charge in [-0.3, -0.25) is 4.79 Å². The molecule has 0 N–H and O–H groups in total. The van der Waals surface area contributed by atoms with Gasteiger partial charge in [-0.1, -0.05) is 23.2 Å². The van der Waals surface area contributed by atoms with Gasteiger partial charge in [-0.15, -0.1) is 0 Å². The van der Waals surface area contributed by atoms with E-state index in [1.54, 1.807) is 37.1 Å². The largest absolute Gasteiger partial charge is 0.465 e. The third kappa shape index (κ3) is 4.49. The van der Waals surface area contributed by atoms with Crippen LogP contribution in [0.4, 0.5) is 0 Å². The summed E-state index contributed by atoms with van der Waals surface area (Å²) >= 11 is 12.5. The summed E-state index contributed by atoms with van der Waals surface area (Å²) in [6.45, 7) is 6.63. The van der Waals surface area contributed by atoms with E-state index in [1.807, 2.05) is 30.5 Å². The summed E-state index contributed by atoms with van der Waals surface area (Å²) in [7, 11) is 2.93. The predicted octanol–water partition coefficient (Wildman–Crippen LogP) is 5.11. The molecule has 2 heterocycles. The lowest BCUT2D eigenvalue weighted by Crippen LogP contribution is -2.26. The third-order valence-corrected chi connectivity index (χ3v) is 6.09. The topological polar surface area (TPSA) is 60.8 Å². The molecule has 0 radical (unpaired) electrons. The van der Waals surface area contributed by atoms with Crippen LogP contribution in [0.25, 0.3) is 11.8 Å². The molecule has 0 atom stereocenters. The molecular weight excluding hydrogens is 451 g/mol. The van der Waals surface area contributed by atoms with Gasteiger partial charge >= 0.3 is 5.97 Å². The first-order valence-corrected chi connectivity index (χ1v) is 10.9. The van der Waals surface area contributed by atoms with Gasteiger partial charge in [0.2, 0.25) is 0 Å². The Morgan fingerprint density at radius 2 is 1.84 bits per heavy atom. The van der Waals surface area contributed by atoms with Gasteiger partial charge < -0.3 is 18.9 Å². The van der Waals surface area contributed by atoms with Crippen LogP contribution in [-0.4, -0.2) is 48.7 Å². The number of ether oxygens (including phenoxy) is 2. The Labute approximate surface area is 198 Å². The van der Waals surface area contributed by atoms with Gasteiger partial charge in [0, 0.05) is 42.4 Å². The minimum Gasteiger partial charge on any atom is -0.465 e. The van der Waals surface area contributed by atoms with Crippen molar-refractivity contribution in [2.45, 2.75) is 27.2 Å². The fourth-order valence-corrected chi connectivity index (χ4v) is 4.48. The Kier molecular flexibility index (Phi) is 7.49. The number of hydrogen-bond acceptors (Lipinski definition) is 4. The molecule has 0 bridgehead atoms. The summed E-state index contributed by atoms with van der Waals surface area (Å²) in [6, 6.07) is 7.27. The summed E-state index contributed by atoms with van der Waals surface area (Å²) < 4.78 is 12.1. The lowest BCUT2D eigenvalue weighted by atomic mass is 10.0. The molecule has 0 saturated carbocycles. The Hall–Kier alpha value is -2.54. The molecule has 6 nitrogen and oxygen atoms in total. The number of halogens is 2. The number of carbonyl (C=O) groups is 2. The van der Waals surface area contributed by atoms with Crippen molar-refractivity contribution >= 4 is 41.2 Å². The Bertz CT molecular complexity index is 1130. The highest BCUT2D eigenvalue weighted by molar-refractivity contribution is 6.35. The molecule has 0 fully saturated rings. The number of carbonyl (C=O) groups excluding carboxylic acids is 2. The molecule has 3 rings (SSSR count). The van der Waals surface area contributed by atoms with Crippen molar-refractivity contribution in [3.63, 3.8) is 0 Å². The van der Waals surface area contributed by atoms with Gasteiger partial charge in [0.05, 0.1) is 29.0 Å². The number of allylic oxidation sites excluding steroid dienone is 1. The van der Waals surface area contributed by atoms with Crippen LogP contribution < -0.4 is 0 Å². The fourth-order valence-electron chi connectivity index (χ4n) is 3.99. The quantitative estimate of drug-likeness (QED) is 0.316. The summed E-state index contributed by atoms with van der Waals surface area (Å²) in [5.74, 6) is -0.765. The van der Waals surface area contributed by atoms with E-state index in [4.69, 9.17) is 32.7 Å². The summed E-state index contributed by atoms with van der Waals surface area (Å²) in [6.07, 6.45) is 2.40. The van der Waals surface area contributed by atoms with Crippen molar-refractivity contribution in [1.29, 1.82) is 0 Å². The second kappa shape index (κ2) is 9.94. The van der Waals surface area contributed by atoms with Gasteiger partial charge in [-0.05, 0) is 63.1 Å². The van der Waals surface area contributed by atoms with E-state index in [0.717, 1.165) is 22.6 Å². The lowest BCUT2D eigenvalue weighted by molar-refractivity contribution is -0.136. The van der Waals surface area contributed by atoms with Crippen molar-refractivity contribution < 1.29 is 19.1 Å². The van der Waals surface area contributed by atoms with Crippen LogP contribution in [0.5, 0.6) is 0 Å². The normalized spacial score (nSPS) is 15.3. The zero-order valence-corrected chi connectivity index (χ0v) is 20.3. The minimum atomic E-state index is -0.536. The summed E-state index contributed by atoms with van der Waals surface area (Å²) in [4.78, 5) is 27.4. The van der Waals surface area contributed by atoms with Gasteiger partial charge in [0.1, 0.15) is 0 Å². The number of benzene rings is 1. The van der Waals surface area contributed by atoms with Crippen LogP contribution in [0, 0.1) is 13.8 Å². The zero-order valence-electron chi connectivity index (χ0n) is 18.8. The number of esters is 1. The van der Waals surface area contributed by atoms with Crippen LogP contribution >= 0.6 is 23.2 Å². The molecular formula is C24H26Cl2N2O4. The number of hydrogen-bond donors (Lipinski definition) is 0. The molecule has 2 aromatic rings. The highest BCUT2D eigenvalue weighted by atomic mass is 35.5. The Morgan fingerprint density at radius 3 is 2.47 bits per heavy atom. The molecule has 0 saturated heterocycles. The molecule has 8 heteroatoms. The van der Waals surface area contributed by atoms with E-state index in [0.29, 0.717) is 40.9 Å². The molecule has 32 heavy (non-hydrogen) atoms. The van der Waals surface area contributed by atoms with Crippen LogP contribution in [-0.2, 0) is 19.1 Å². The van der Waals surface area contributed by atoms with Crippen LogP contribution in [0.15, 0.2) is 41.1 Å². The third-order valence-electron chi connectivity index (χ3n) is 5.55.